The van der Waals surface area contributed by atoms with Crippen LogP contribution in [0.2, 0.25) is 0 Å². The maximum absolute atomic E-state index is 12.3. The Hall–Kier alpha value is -4.26. The highest BCUT2D eigenvalue weighted by molar-refractivity contribution is 7.16. The molecule has 3 N–H and O–H groups in total. The van der Waals surface area contributed by atoms with Gasteiger partial charge in [0.1, 0.15) is 11.2 Å². The summed E-state index contributed by atoms with van der Waals surface area (Å²) in [5.41, 5.74) is 0.636. The average Bonchev–Trinajstić information content (AvgIpc) is 3.20. The fourth-order valence-electron chi connectivity index (χ4n) is 3.23. The molecule has 0 atom stereocenters. The number of hydrogen-bond donors (Lipinski definition) is 3. The van der Waals surface area contributed by atoms with Gasteiger partial charge in [-0.15, -0.1) is 0 Å². The third-order valence-corrected chi connectivity index (χ3v) is 5.71. The van der Waals surface area contributed by atoms with E-state index >= 15 is 0 Å². The smallest absolute Gasteiger partial charge is 0.414 e. The zero-order chi connectivity index (χ0) is 31.5. The molecule has 0 aliphatic heterocycles. The van der Waals surface area contributed by atoms with Crippen molar-refractivity contribution in [2.24, 2.45) is 4.99 Å². The number of nitrogens with one attached hydrogen (secondary N) is 3. The van der Waals surface area contributed by atoms with Crippen molar-refractivity contribution in [1.29, 1.82) is 0 Å². The van der Waals surface area contributed by atoms with Crippen molar-refractivity contribution >= 4 is 58.3 Å². The standard InChI is InChI=1S/C29H39N5O7S/c1-9-39-23(36)17-16-22-21(32-25(42-22)30-18(2)35)15-12-19-10-13-20(14-11-19)31-24(33-26(37)40-28(3,4)5)34-27(38)41-29(6,7)8/h10-11,13-14,16-17H,9,12,15H2,1-8H3,(H,30,32,35)(H2,31,33,34,37,38)/b17-16+. The quantitative estimate of drug-likeness (QED) is 0.118. The first-order valence-electron chi connectivity index (χ1n) is 13.3. The summed E-state index contributed by atoms with van der Waals surface area (Å²) in [7, 11) is 0. The summed E-state index contributed by atoms with van der Waals surface area (Å²) >= 11 is 1.26. The molecule has 3 amide bonds. The topological polar surface area (TPSA) is 157 Å². The molecule has 0 bridgehead atoms. The average molecular weight is 602 g/mol. The molecule has 12 nitrogen and oxygen atoms in total. The maximum atomic E-state index is 12.3. The van der Waals surface area contributed by atoms with Gasteiger partial charge in [0.05, 0.1) is 22.9 Å². The van der Waals surface area contributed by atoms with Gasteiger partial charge in [0, 0.05) is 13.0 Å². The Morgan fingerprint density at radius 1 is 0.929 bits per heavy atom. The number of aryl methyl sites for hydroxylation is 2. The van der Waals surface area contributed by atoms with Crippen molar-refractivity contribution in [3.63, 3.8) is 0 Å². The van der Waals surface area contributed by atoms with Crippen LogP contribution >= 0.6 is 11.3 Å². The number of rotatable bonds is 8. The van der Waals surface area contributed by atoms with E-state index in [1.54, 1.807) is 66.7 Å². The Morgan fingerprint density at radius 2 is 1.50 bits per heavy atom. The molecule has 0 saturated carbocycles. The monoisotopic (exact) mass is 601 g/mol. The molecule has 228 valence electrons. The van der Waals surface area contributed by atoms with Gasteiger partial charge in [0.15, 0.2) is 5.13 Å². The van der Waals surface area contributed by atoms with Crippen LogP contribution in [-0.2, 0) is 36.6 Å². The molecule has 0 saturated heterocycles. The second-order valence-electron chi connectivity index (χ2n) is 11.0. The molecule has 0 unspecified atom stereocenters. The molecule has 42 heavy (non-hydrogen) atoms. The third kappa shape index (κ3) is 13.4. The van der Waals surface area contributed by atoms with Crippen LogP contribution in [0.15, 0.2) is 35.3 Å². The van der Waals surface area contributed by atoms with E-state index in [4.69, 9.17) is 14.2 Å². The number of carbonyl (C=O) groups is 4. The normalized spacial score (nSPS) is 11.4. The SMILES string of the molecule is CCOC(=O)/C=C/c1sc(NC(C)=O)nc1CCc1ccc(N=C(NC(=O)OC(C)(C)C)NC(=O)OC(C)(C)C)cc1. The number of carbonyl (C=O) groups excluding carboxylic acids is 4. The van der Waals surface area contributed by atoms with Crippen LogP contribution in [0.1, 0.15) is 71.5 Å². The first-order valence-corrected chi connectivity index (χ1v) is 14.1. The lowest BCUT2D eigenvalue weighted by Crippen LogP contribution is -2.47. The van der Waals surface area contributed by atoms with Crippen molar-refractivity contribution < 1.29 is 33.4 Å². The van der Waals surface area contributed by atoms with E-state index in [0.717, 1.165) is 16.1 Å². The first kappa shape index (κ1) is 33.9. The number of nitrogens with zero attached hydrogens (tertiary/aromatic N) is 2. The summed E-state index contributed by atoms with van der Waals surface area (Å²) < 4.78 is 15.5. The molecule has 0 radical (unpaired) electrons. The largest absolute Gasteiger partial charge is 0.463 e. The van der Waals surface area contributed by atoms with Gasteiger partial charge in [-0.3, -0.25) is 15.4 Å². The van der Waals surface area contributed by atoms with Crippen LogP contribution in [0, 0.1) is 0 Å². The van der Waals surface area contributed by atoms with Gasteiger partial charge >= 0.3 is 18.2 Å². The minimum absolute atomic E-state index is 0.155. The highest BCUT2D eigenvalue weighted by Crippen LogP contribution is 2.26. The van der Waals surface area contributed by atoms with Gasteiger partial charge in [-0.2, -0.15) is 0 Å². The Bertz CT molecular complexity index is 1290. The molecular weight excluding hydrogens is 562 g/mol. The van der Waals surface area contributed by atoms with E-state index in [9.17, 15) is 19.2 Å². The van der Waals surface area contributed by atoms with Crippen LogP contribution < -0.4 is 16.0 Å². The highest BCUT2D eigenvalue weighted by Gasteiger charge is 2.21. The Kier molecular flexibility index (Phi) is 12.2. The predicted octanol–water partition coefficient (Wildman–Crippen LogP) is 5.50. The molecule has 2 aromatic rings. The highest BCUT2D eigenvalue weighted by atomic mass is 32.1. The molecule has 13 heteroatoms. The minimum Gasteiger partial charge on any atom is -0.463 e. The third-order valence-electron chi connectivity index (χ3n) is 4.73. The Balaban J connectivity index is 2.20. The van der Waals surface area contributed by atoms with Crippen LogP contribution in [-0.4, -0.2) is 52.8 Å². The second-order valence-corrected chi connectivity index (χ2v) is 12.0. The fraction of sp³-hybridized carbons (Fsp3) is 0.448. The summed E-state index contributed by atoms with van der Waals surface area (Å²) in [6.07, 6.45) is 2.52. The van der Waals surface area contributed by atoms with E-state index in [-0.39, 0.29) is 18.5 Å². The number of hydrogen-bond acceptors (Lipinski definition) is 10. The van der Waals surface area contributed by atoms with Gasteiger partial charge < -0.3 is 19.5 Å². The van der Waals surface area contributed by atoms with E-state index in [0.29, 0.717) is 23.7 Å². The van der Waals surface area contributed by atoms with Gasteiger partial charge in [-0.1, -0.05) is 23.5 Å². The molecule has 1 aromatic heterocycles. The Morgan fingerprint density at radius 3 is 2.00 bits per heavy atom. The molecule has 0 aliphatic carbocycles. The lowest BCUT2D eigenvalue weighted by Gasteiger charge is -2.22. The number of aromatic nitrogens is 1. The van der Waals surface area contributed by atoms with Crippen LogP contribution in [0.3, 0.4) is 0 Å². The molecule has 0 spiro atoms. The number of esters is 1. The lowest BCUT2D eigenvalue weighted by molar-refractivity contribution is -0.137. The zero-order valence-corrected chi connectivity index (χ0v) is 26.1. The number of aliphatic imine (C=N–C) groups is 1. The Labute approximate surface area is 249 Å². The second kappa shape index (κ2) is 15.1. The lowest BCUT2D eigenvalue weighted by atomic mass is 10.1. The van der Waals surface area contributed by atoms with E-state index in [2.05, 4.69) is 25.9 Å². The molecule has 0 fully saturated rings. The fourth-order valence-corrected chi connectivity index (χ4v) is 4.19. The van der Waals surface area contributed by atoms with Gasteiger partial charge in [0.2, 0.25) is 11.9 Å². The molecule has 1 heterocycles. The number of anilines is 1. The summed E-state index contributed by atoms with van der Waals surface area (Å²) in [4.78, 5) is 57.6. The number of ether oxygens (including phenoxy) is 3. The summed E-state index contributed by atoms with van der Waals surface area (Å²) in [6, 6.07) is 7.17. The molecule has 2 rings (SSSR count). The number of benzene rings is 1. The van der Waals surface area contributed by atoms with E-state index in [1.807, 2.05) is 12.1 Å². The molecule has 0 aliphatic rings. The number of amides is 3. The van der Waals surface area contributed by atoms with Crippen molar-refractivity contribution in [2.45, 2.75) is 79.4 Å². The molecule has 1 aromatic carbocycles. The predicted molar refractivity (Wildman–Crippen MR) is 162 cm³/mol. The molecular formula is C29H39N5O7S. The van der Waals surface area contributed by atoms with Gasteiger partial charge in [-0.05, 0) is 85.1 Å². The summed E-state index contributed by atoms with van der Waals surface area (Å²) in [5, 5.41) is 8.02. The van der Waals surface area contributed by atoms with Crippen LogP contribution in [0.4, 0.5) is 20.4 Å². The summed E-state index contributed by atoms with van der Waals surface area (Å²) in [6.45, 7) is 13.7. The van der Waals surface area contributed by atoms with Crippen molar-refractivity contribution in [1.82, 2.24) is 15.6 Å². The van der Waals surface area contributed by atoms with Crippen molar-refractivity contribution in [3.05, 3.63) is 46.5 Å². The number of guanidine groups is 1. The first-order chi connectivity index (χ1) is 19.5. The number of thiazole rings is 1. The van der Waals surface area contributed by atoms with E-state index in [1.165, 1.54) is 24.3 Å². The van der Waals surface area contributed by atoms with Crippen LogP contribution in [0.5, 0.6) is 0 Å². The van der Waals surface area contributed by atoms with Crippen LogP contribution in [0.25, 0.3) is 6.08 Å². The van der Waals surface area contributed by atoms with Gasteiger partial charge in [-0.25, -0.2) is 24.4 Å². The van der Waals surface area contributed by atoms with Gasteiger partial charge in [0.25, 0.3) is 0 Å². The summed E-state index contributed by atoms with van der Waals surface area (Å²) in [5.74, 6) is -0.859. The van der Waals surface area contributed by atoms with Crippen molar-refractivity contribution in [3.8, 4) is 0 Å². The maximum Gasteiger partial charge on any atom is 0.414 e. The van der Waals surface area contributed by atoms with E-state index < -0.39 is 29.4 Å². The minimum atomic E-state index is -0.788. The van der Waals surface area contributed by atoms with Crippen molar-refractivity contribution in [2.75, 3.05) is 11.9 Å². The number of alkyl carbamates (subject to hydrolysis) is 2. The zero-order valence-electron chi connectivity index (χ0n) is 25.2.